The first-order valence-electron chi connectivity index (χ1n) is 8.13. The van der Waals surface area contributed by atoms with Crippen LogP contribution in [0.5, 0.6) is 0 Å². The molecule has 0 aromatic heterocycles. The Morgan fingerprint density at radius 3 is 2.68 bits per heavy atom. The average molecular weight is 303 g/mol. The fraction of sp³-hybridized carbons (Fsp3) is 0.588. The molecule has 0 aliphatic carbocycles. The molecule has 1 aromatic carbocycles. The lowest BCUT2D eigenvalue weighted by Crippen LogP contribution is -2.57. The van der Waals surface area contributed by atoms with Crippen molar-refractivity contribution in [2.45, 2.75) is 32.0 Å². The molecule has 2 saturated heterocycles. The maximum atomic E-state index is 11.2. The lowest BCUT2D eigenvalue weighted by Gasteiger charge is -2.45. The van der Waals surface area contributed by atoms with E-state index in [1.807, 2.05) is 0 Å². The third-order valence-corrected chi connectivity index (χ3v) is 4.91. The number of piperazine rings is 1. The first-order chi connectivity index (χ1) is 10.6. The van der Waals surface area contributed by atoms with E-state index in [4.69, 9.17) is 0 Å². The number of carbonyl (C=O) groups is 1. The van der Waals surface area contributed by atoms with Gasteiger partial charge in [0.15, 0.2) is 0 Å². The summed E-state index contributed by atoms with van der Waals surface area (Å²) in [5, 5.41) is 9.21. The highest BCUT2D eigenvalue weighted by Crippen LogP contribution is 2.22. The van der Waals surface area contributed by atoms with Crippen molar-refractivity contribution in [3.8, 4) is 0 Å². The second-order valence-electron chi connectivity index (χ2n) is 6.48. The first kappa shape index (κ1) is 15.3. The SMILES string of the molecule is C[C@@H]1CN(Cc2ccccc2)C[C@@H]2CCN(C(=O)O)CCN21. The summed E-state index contributed by atoms with van der Waals surface area (Å²) >= 11 is 0. The Kier molecular flexibility index (Phi) is 4.64. The molecule has 2 aliphatic rings. The van der Waals surface area contributed by atoms with Gasteiger partial charge in [-0.05, 0) is 18.9 Å². The van der Waals surface area contributed by atoms with Crippen molar-refractivity contribution < 1.29 is 9.90 Å². The van der Waals surface area contributed by atoms with E-state index < -0.39 is 6.09 Å². The number of rotatable bonds is 2. The number of nitrogens with zero attached hydrogens (tertiary/aromatic N) is 3. The van der Waals surface area contributed by atoms with Crippen molar-refractivity contribution in [1.82, 2.24) is 14.7 Å². The molecule has 2 heterocycles. The number of carboxylic acid groups (broad SMARTS) is 1. The molecule has 2 atom stereocenters. The van der Waals surface area contributed by atoms with Gasteiger partial charge in [-0.1, -0.05) is 30.3 Å². The van der Waals surface area contributed by atoms with Crippen LogP contribution in [0.25, 0.3) is 0 Å². The molecule has 1 aromatic rings. The van der Waals surface area contributed by atoms with Gasteiger partial charge < -0.3 is 10.0 Å². The maximum absolute atomic E-state index is 11.2. The summed E-state index contributed by atoms with van der Waals surface area (Å²) in [5.74, 6) is 0. The molecule has 0 saturated carbocycles. The van der Waals surface area contributed by atoms with Crippen LogP contribution in [-0.2, 0) is 6.54 Å². The molecule has 120 valence electrons. The maximum Gasteiger partial charge on any atom is 0.407 e. The summed E-state index contributed by atoms with van der Waals surface area (Å²) in [6.07, 6.45) is 0.149. The standard InChI is InChI=1S/C17H25N3O2/c1-14-11-18(12-15-5-3-2-4-6-15)13-16-7-8-19(17(21)22)9-10-20(14)16/h2-6,14,16H,7-13H2,1H3,(H,21,22)/t14-,16+/m1/s1. The van der Waals surface area contributed by atoms with E-state index in [9.17, 15) is 9.90 Å². The first-order valence-corrected chi connectivity index (χ1v) is 8.13. The molecular formula is C17H25N3O2. The van der Waals surface area contributed by atoms with Crippen molar-refractivity contribution in [3.05, 3.63) is 35.9 Å². The van der Waals surface area contributed by atoms with Crippen molar-refractivity contribution >= 4 is 6.09 Å². The van der Waals surface area contributed by atoms with Crippen LogP contribution in [-0.4, -0.2) is 70.7 Å². The van der Waals surface area contributed by atoms with Gasteiger partial charge in [-0.15, -0.1) is 0 Å². The van der Waals surface area contributed by atoms with Crippen LogP contribution in [0.15, 0.2) is 30.3 Å². The van der Waals surface area contributed by atoms with Crippen molar-refractivity contribution in [2.24, 2.45) is 0 Å². The highest BCUT2D eigenvalue weighted by Gasteiger charge is 2.34. The smallest absolute Gasteiger partial charge is 0.407 e. The number of amides is 1. The van der Waals surface area contributed by atoms with Crippen molar-refractivity contribution in [1.29, 1.82) is 0 Å². The molecule has 5 heteroatoms. The van der Waals surface area contributed by atoms with Gasteiger partial charge >= 0.3 is 6.09 Å². The van der Waals surface area contributed by atoms with E-state index in [0.717, 1.165) is 32.6 Å². The van der Waals surface area contributed by atoms with Crippen LogP contribution >= 0.6 is 0 Å². The van der Waals surface area contributed by atoms with Gasteiger partial charge in [0.2, 0.25) is 0 Å². The van der Waals surface area contributed by atoms with Crippen LogP contribution in [0, 0.1) is 0 Å². The largest absolute Gasteiger partial charge is 0.465 e. The molecule has 1 amide bonds. The molecule has 5 nitrogen and oxygen atoms in total. The van der Waals surface area contributed by atoms with Crippen molar-refractivity contribution in [2.75, 3.05) is 32.7 Å². The Bertz CT molecular complexity index is 508. The van der Waals surface area contributed by atoms with Gasteiger partial charge in [-0.3, -0.25) is 9.80 Å². The lowest BCUT2D eigenvalue weighted by atomic mass is 10.0. The minimum Gasteiger partial charge on any atom is -0.465 e. The molecule has 0 spiro atoms. The topological polar surface area (TPSA) is 47.0 Å². The van der Waals surface area contributed by atoms with Gasteiger partial charge in [0.1, 0.15) is 0 Å². The third kappa shape index (κ3) is 3.42. The predicted octanol–water partition coefficient (Wildman–Crippen LogP) is 1.95. The summed E-state index contributed by atoms with van der Waals surface area (Å²) in [6, 6.07) is 11.5. The van der Waals surface area contributed by atoms with Crippen LogP contribution in [0.1, 0.15) is 18.9 Å². The van der Waals surface area contributed by atoms with Crippen LogP contribution < -0.4 is 0 Å². The summed E-state index contributed by atoms with van der Waals surface area (Å²) in [7, 11) is 0. The Morgan fingerprint density at radius 1 is 1.18 bits per heavy atom. The summed E-state index contributed by atoms with van der Waals surface area (Å²) in [6.45, 7) is 7.48. The van der Waals surface area contributed by atoms with Gasteiger partial charge in [0.05, 0.1) is 0 Å². The average Bonchev–Trinajstić information content (AvgIpc) is 2.71. The van der Waals surface area contributed by atoms with E-state index >= 15 is 0 Å². The monoisotopic (exact) mass is 303 g/mol. The quantitative estimate of drug-likeness (QED) is 0.907. The van der Waals surface area contributed by atoms with Crippen LogP contribution in [0.4, 0.5) is 4.79 Å². The van der Waals surface area contributed by atoms with Crippen LogP contribution in [0.2, 0.25) is 0 Å². The number of hydrogen-bond acceptors (Lipinski definition) is 3. The highest BCUT2D eigenvalue weighted by molar-refractivity contribution is 5.64. The lowest BCUT2D eigenvalue weighted by molar-refractivity contribution is 0.0315. The fourth-order valence-electron chi connectivity index (χ4n) is 3.79. The molecule has 2 fully saturated rings. The molecule has 0 unspecified atom stereocenters. The van der Waals surface area contributed by atoms with Gasteiger partial charge in [0, 0.05) is 51.4 Å². The van der Waals surface area contributed by atoms with E-state index in [0.29, 0.717) is 25.2 Å². The second kappa shape index (κ2) is 6.67. The van der Waals surface area contributed by atoms with Crippen molar-refractivity contribution in [3.63, 3.8) is 0 Å². The molecule has 0 radical (unpaired) electrons. The molecule has 22 heavy (non-hydrogen) atoms. The number of benzene rings is 1. The zero-order chi connectivity index (χ0) is 15.5. The van der Waals surface area contributed by atoms with E-state index in [1.54, 1.807) is 4.90 Å². The minimum atomic E-state index is -0.784. The third-order valence-electron chi connectivity index (χ3n) is 4.91. The summed E-state index contributed by atoms with van der Waals surface area (Å²) in [4.78, 5) is 17.8. The van der Waals surface area contributed by atoms with Gasteiger partial charge in [0.25, 0.3) is 0 Å². The Labute approximate surface area is 132 Å². The molecule has 3 rings (SSSR count). The molecule has 0 bridgehead atoms. The van der Waals surface area contributed by atoms with Gasteiger partial charge in [-0.25, -0.2) is 4.79 Å². The Morgan fingerprint density at radius 2 is 1.95 bits per heavy atom. The summed E-state index contributed by atoms with van der Waals surface area (Å²) < 4.78 is 0. The second-order valence-corrected chi connectivity index (χ2v) is 6.48. The molecule has 2 aliphatic heterocycles. The number of fused-ring (bicyclic) bond motifs is 1. The fourth-order valence-corrected chi connectivity index (χ4v) is 3.79. The van der Waals surface area contributed by atoms with Crippen LogP contribution in [0.3, 0.4) is 0 Å². The van der Waals surface area contributed by atoms with Gasteiger partial charge in [-0.2, -0.15) is 0 Å². The highest BCUT2D eigenvalue weighted by atomic mass is 16.4. The van der Waals surface area contributed by atoms with E-state index in [1.165, 1.54) is 5.56 Å². The molecule has 1 N–H and O–H groups in total. The zero-order valence-electron chi connectivity index (χ0n) is 13.2. The normalized spacial score (nSPS) is 27.2. The predicted molar refractivity (Wildman–Crippen MR) is 85.9 cm³/mol. The Balaban J connectivity index is 1.64. The summed E-state index contributed by atoms with van der Waals surface area (Å²) in [5.41, 5.74) is 1.35. The van der Waals surface area contributed by atoms with E-state index in [2.05, 4.69) is 47.1 Å². The minimum absolute atomic E-state index is 0.469. The number of hydrogen-bond donors (Lipinski definition) is 1. The molecular weight excluding hydrogens is 278 g/mol. The Hall–Kier alpha value is -1.59. The zero-order valence-corrected chi connectivity index (χ0v) is 13.2. The van der Waals surface area contributed by atoms with E-state index in [-0.39, 0.29) is 0 Å².